The number of rotatable bonds is 4. The van der Waals surface area contributed by atoms with Crippen LogP contribution >= 0.6 is 11.1 Å². The van der Waals surface area contributed by atoms with Gasteiger partial charge >= 0.3 is 0 Å². The number of anilines is 5. The monoisotopic (exact) mass is 1090 g/mol. The van der Waals surface area contributed by atoms with Crippen LogP contribution in [0.1, 0.15) is 182 Å². The lowest BCUT2D eigenvalue weighted by atomic mass is 9.62. The third-order valence-electron chi connectivity index (χ3n) is 20.0. The van der Waals surface area contributed by atoms with Crippen LogP contribution in [0.4, 0.5) is 28.4 Å². The molecule has 10 aromatic rings. The predicted molar refractivity (Wildman–Crippen MR) is 349 cm³/mol. The number of thiol groups is 1. The van der Waals surface area contributed by atoms with Crippen LogP contribution in [0.5, 0.6) is 0 Å². The van der Waals surface area contributed by atoms with E-state index in [0.717, 1.165) is 53.9 Å². The molecule has 0 amide bonds. The van der Waals surface area contributed by atoms with Crippen molar-refractivity contribution in [3.05, 3.63) is 178 Å². The third kappa shape index (κ3) is 7.75. The highest BCUT2D eigenvalue weighted by molar-refractivity contribution is 8.19. The number of aromatic nitrogens is 1. The van der Waals surface area contributed by atoms with Crippen molar-refractivity contribution in [3.8, 4) is 16.8 Å². The normalized spacial score (nSPS) is 18.9. The number of benzene rings is 8. The molecule has 0 N–H and O–H groups in total. The first kappa shape index (κ1) is 52.4. The molecule has 0 fully saturated rings. The minimum Gasteiger partial charge on any atom is -0.455 e. The summed E-state index contributed by atoms with van der Waals surface area (Å²) in [4.78, 5) is 5.34. The fourth-order valence-electron chi connectivity index (χ4n) is 14.7. The number of furan rings is 1. The average molecular weight is 1090 g/mol. The first-order valence-electron chi connectivity index (χ1n) is 30.1. The van der Waals surface area contributed by atoms with Crippen molar-refractivity contribution in [2.24, 2.45) is 0 Å². The number of hydrogen-bond donors (Lipinski definition) is 1. The molecule has 1 unspecified atom stereocenters. The zero-order chi connectivity index (χ0) is 57.0. The quantitative estimate of drug-likeness (QED) is 0.178. The maximum absolute atomic E-state index is 7.47. The zero-order valence-corrected chi connectivity index (χ0v) is 52.2. The van der Waals surface area contributed by atoms with Crippen LogP contribution in [0.3, 0.4) is 0 Å². The highest BCUT2D eigenvalue weighted by Gasteiger charge is 2.47. The minimum atomic E-state index is -1.25. The van der Waals surface area contributed by atoms with Gasteiger partial charge in [-0.2, -0.15) is 0 Å². The number of fused-ring (bicyclic) bond motifs is 15. The smallest absolute Gasteiger partial charge is 0.146 e. The number of para-hydroxylation sites is 1. The lowest BCUT2D eigenvalue weighted by Crippen LogP contribution is -2.35. The third-order valence-corrected chi connectivity index (χ3v) is 22.5. The van der Waals surface area contributed by atoms with Gasteiger partial charge < -0.3 is 13.9 Å². The molecule has 414 valence electrons. The standard InChI is InChI=1S/C76H83N3OS/c1-70(2,3)45-22-28-48(29-23-45)77(49-30-24-46(25-31-49)71(4,5)6)51-34-35-52-59(40-51)78-61-43-57-58(76(16,17)39-38-75(57,14)15)44-63(61)81-69-65(64-53-20-18-19-21-62(53)80-68(64)66(52)67(69)78)54-41-55-56(74(12,13)37-36-73(55,10)11)42-60(54)79(81)50-32-26-47(27-33-50)72(7,8)9/h18-35,40-44,81H,36-39H2,1-17H3. The maximum atomic E-state index is 7.47. The Morgan fingerprint density at radius 1 is 0.469 bits per heavy atom. The molecular weight excluding hydrogens is 1000 g/mol. The van der Waals surface area contributed by atoms with Crippen molar-refractivity contribution >= 4 is 83.3 Å². The molecule has 2 aliphatic carbocycles. The fraction of sp³-hybridized carbons (Fsp3) is 0.368. The van der Waals surface area contributed by atoms with E-state index in [9.17, 15) is 0 Å². The van der Waals surface area contributed by atoms with E-state index in [1.54, 1.807) is 0 Å². The lowest BCUT2D eigenvalue weighted by molar-refractivity contribution is 0.331. The van der Waals surface area contributed by atoms with Crippen molar-refractivity contribution in [1.82, 2.24) is 4.57 Å². The highest BCUT2D eigenvalue weighted by Crippen LogP contribution is 2.71. The van der Waals surface area contributed by atoms with Crippen LogP contribution in [0.2, 0.25) is 0 Å². The van der Waals surface area contributed by atoms with Crippen LogP contribution in [0.15, 0.2) is 154 Å². The molecule has 4 nitrogen and oxygen atoms in total. The van der Waals surface area contributed by atoms with Crippen molar-refractivity contribution in [2.75, 3.05) is 9.21 Å². The summed E-state index contributed by atoms with van der Waals surface area (Å²) in [5.41, 5.74) is 24.3. The first-order chi connectivity index (χ1) is 38.0. The summed E-state index contributed by atoms with van der Waals surface area (Å²) in [6, 6.07) is 55.3. The Labute approximate surface area is 485 Å². The summed E-state index contributed by atoms with van der Waals surface area (Å²) in [7, 11) is 0. The predicted octanol–water partition coefficient (Wildman–Crippen LogP) is 22.2. The van der Waals surface area contributed by atoms with Crippen LogP contribution in [-0.2, 0) is 37.9 Å². The van der Waals surface area contributed by atoms with E-state index in [0.29, 0.717) is 0 Å². The van der Waals surface area contributed by atoms with Crippen LogP contribution in [0, 0.1) is 0 Å². The molecule has 4 heterocycles. The van der Waals surface area contributed by atoms with Gasteiger partial charge in [0.05, 0.1) is 33.5 Å². The lowest BCUT2D eigenvalue weighted by Gasteiger charge is -2.50. The molecule has 2 aromatic heterocycles. The molecule has 81 heavy (non-hydrogen) atoms. The van der Waals surface area contributed by atoms with Gasteiger partial charge in [0.1, 0.15) is 11.2 Å². The van der Waals surface area contributed by atoms with Gasteiger partial charge in [0.2, 0.25) is 0 Å². The molecule has 2 aliphatic heterocycles. The zero-order valence-electron chi connectivity index (χ0n) is 51.3. The SMILES string of the molecule is CC(C)(C)c1ccc(N(c2ccc(C(C)(C)C)cc2)c2ccc3c4c5oc6ccccc6c5c5c6c4n(c3c2)-c2cc3c(cc2[SH]6N(c2ccc(C(C)(C)C)cc2)c2cc4c(cc2-5)C(C)(C)CCC4(C)C)C(C)(C)CCC3(C)C)cc1. The van der Waals surface area contributed by atoms with E-state index in [-0.39, 0.29) is 37.9 Å². The Kier molecular flexibility index (Phi) is 11.0. The molecular formula is C76H83N3OS. The van der Waals surface area contributed by atoms with E-state index < -0.39 is 11.1 Å². The molecule has 1 atom stereocenters. The maximum Gasteiger partial charge on any atom is 0.146 e. The molecule has 4 aliphatic rings. The van der Waals surface area contributed by atoms with Crippen molar-refractivity contribution in [2.45, 2.75) is 191 Å². The van der Waals surface area contributed by atoms with E-state index in [1.165, 1.54) is 110 Å². The van der Waals surface area contributed by atoms with Gasteiger partial charge in [-0.15, -0.1) is 11.1 Å². The molecule has 0 spiro atoms. The summed E-state index contributed by atoms with van der Waals surface area (Å²) in [5.74, 6) is 0. The Morgan fingerprint density at radius 2 is 0.938 bits per heavy atom. The van der Waals surface area contributed by atoms with Crippen LogP contribution in [0.25, 0.3) is 60.6 Å². The Balaban J connectivity index is 1.17. The van der Waals surface area contributed by atoms with Crippen LogP contribution in [-0.4, -0.2) is 4.57 Å². The fourth-order valence-corrected chi connectivity index (χ4v) is 17.6. The second-order valence-corrected chi connectivity index (χ2v) is 32.4. The molecule has 14 rings (SSSR count). The van der Waals surface area contributed by atoms with Gasteiger partial charge in [-0.25, -0.2) is 0 Å². The topological polar surface area (TPSA) is 24.6 Å². The van der Waals surface area contributed by atoms with Gasteiger partial charge in [-0.3, -0.25) is 4.31 Å². The largest absolute Gasteiger partial charge is 0.455 e. The summed E-state index contributed by atoms with van der Waals surface area (Å²) >= 11 is -1.25. The number of nitrogens with zero attached hydrogens (tertiary/aromatic N) is 3. The van der Waals surface area contributed by atoms with E-state index in [1.807, 2.05) is 0 Å². The van der Waals surface area contributed by atoms with Gasteiger partial charge in [0.25, 0.3) is 0 Å². The molecule has 0 saturated heterocycles. The molecule has 5 heteroatoms. The van der Waals surface area contributed by atoms with Gasteiger partial charge in [0.15, 0.2) is 0 Å². The van der Waals surface area contributed by atoms with Crippen LogP contribution < -0.4 is 9.21 Å². The van der Waals surface area contributed by atoms with Gasteiger partial charge in [-0.1, -0.05) is 172 Å². The van der Waals surface area contributed by atoms with Crippen molar-refractivity contribution in [3.63, 3.8) is 0 Å². The summed E-state index contributed by atoms with van der Waals surface area (Å²) in [5, 5.41) is 4.84. The van der Waals surface area contributed by atoms with Crippen molar-refractivity contribution in [1.29, 1.82) is 0 Å². The molecule has 0 radical (unpaired) electrons. The minimum absolute atomic E-state index is 0.00151. The summed E-state index contributed by atoms with van der Waals surface area (Å²) < 4.78 is 13.1. The number of hydrogen-bond acceptors (Lipinski definition) is 3. The van der Waals surface area contributed by atoms with E-state index in [4.69, 9.17) is 4.42 Å². The second-order valence-electron chi connectivity index (χ2n) is 30.5. The molecule has 0 saturated carbocycles. The van der Waals surface area contributed by atoms with Crippen molar-refractivity contribution < 1.29 is 4.42 Å². The Bertz CT molecular complexity index is 4210. The Morgan fingerprint density at radius 3 is 1.47 bits per heavy atom. The van der Waals surface area contributed by atoms with E-state index in [2.05, 4.69) is 271 Å². The summed E-state index contributed by atoms with van der Waals surface area (Å²) in [6.07, 6.45) is 4.58. The Hall–Kier alpha value is -6.69. The summed E-state index contributed by atoms with van der Waals surface area (Å²) in [6.45, 7) is 40.8. The molecule has 0 bridgehead atoms. The second kappa shape index (κ2) is 17.0. The average Bonchev–Trinajstić information content (AvgIpc) is 1.89. The first-order valence-corrected chi connectivity index (χ1v) is 31.4. The highest BCUT2D eigenvalue weighted by atomic mass is 32.2. The molecule has 8 aromatic carbocycles. The van der Waals surface area contributed by atoms with Gasteiger partial charge in [0, 0.05) is 54.1 Å². The van der Waals surface area contributed by atoms with Gasteiger partial charge in [-0.05, 0) is 187 Å². The van der Waals surface area contributed by atoms with E-state index >= 15 is 0 Å².